The molecule has 0 saturated heterocycles. The van der Waals surface area contributed by atoms with Gasteiger partial charge in [0, 0.05) is 31.9 Å². The molecular formula is C16H30N2. The molecule has 0 aliphatic carbocycles. The van der Waals surface area contributed by atoms with Gasteiger partial charge in [-0.3, -0.25) is 0 Å². The van der Waals surface area contributed by atoms with Crippen molar-refractivity contribution < 1.29 is 0 Å². The van der Waals surface area contributed by atoms with Gasteiger partial charge in [-0.05, 0) is 32.9 Å². The molecule has 0 unspecified atom stereocenters. The van der Waals surface area contributed by atoms with Crippen molar-refractivity contribution in [3.05, 3.63) is 36.6 Å². The van der Waals surface area contributed by atoms with Crippen LogP contribution in [0.1, 0.15) is 27.7 Å². The number of rotatable bonds is 8. The quantitative estimate of drug-likeness (QED) is 0.608. The van der Waals surface area contributed by atoms with Crippen LogP contribution in [-0.2, 0) is 0 Å². The van der Waals surface area contributed by atoms with Crippen molar-refractivity contribution in [1.82, 2.24) is 9.80 Å². The van der Waals surface area contributed by atoms with Crippen LogP contribution in [-0.4, -0.2) is 43.0 Å². The average Bonchev–Trinajstić information content (AvgIpc) is 2.31. The molecule has 0 aliphatic rings. The van der Waals surface area contributed by atoms with Crippen molar-refractivity contribution in [3.63, 3.8) is 0 Å². The van der Waals surface area contributed by atoms with E-state index < -0.39 is 0 Å². The Morgan fingerprint density at radius 3 is 2.00 bits per heavy atom. The van der Waals surface area contributed by atoms with Crippen LogP contribution in [0.5, 0.6) is 0 Å². The van der Waals surface area contributed by atoms with Crippen molar-refractivity contribution in [1.29, 1.82) is 0 Å². The molecule has 0 amide bonds. The molecule has 0 rings (SSSR count). The van der Waals surface area contributed by atoms with E-state index in [2.05, 4.69) is 76.9 Å². The van der Waals surface area contributed by atoms with Crippen LogP contribution < -0.4 is 0 Å². The van der Waals surface area contributed by atoms with Crippen LogP contribution in [0.3, 0.4) is 0 Å². The summed E-state index contributed by atoms with van der Waals surface area (Å²) in [6.45, 7) is 18.9. The number of likely N-dealkylation sites (N-methyl/N-ethyl adjacent to an activating group) is 2. The van der Waals surface area contributed by atoms with Crippen LogP contribution in [0.15, 0.2) is 36.6 Å². The molecule has 0 aromatic rings. The highest BCUT2D eigenvalue weighted by atomic mass is 15.2. The topological polar surface area (TPSA) is 6.48 Å². The predicted octanol–water partition coefficient (Wildman–Crippen LogP) is 3.54. The lowest BCUT2D eigenvalue weighted by atomic mass is 10.1. The lowest BCUT2D eigenvalue weighted by molar-refractivity contribution is 0.245. The van der Waals surface area contributed by atoms with Gasteiger partial charge >= 0.3 is 0 Å². The molecule has 0 fully saturated rings. The number of allylic oxidation sites excluding steroid dienone is 3. The lowest BCUT2D eigenvalue weighted by Crippen LogP contribution is -2.34. The predicted molar refractivity (Wildman–Crippen MR) is 82.7 cm³/mol. The molecule has 0 N–H and O–H groups in total. The zero-order valence-electron chi connectivity index (χ0n) is 13.0. The summed E-state index contributed by atoms with van der Waals surface area (Å²) in [5, 5.41) is 0. The second-order valence-corrected chi connectivity index (χ2v) is 5.55. The Morgan fingerprint density at radius 2 is 1.56 bits per heavy atom. The number of hydrogen-bond acceptors (Lipinski definition) is 2. The first-order valence-corrected chi connectivity index (χ1v) is 6.72. The third kappa shape index (κ3) is 6.65. The van der Waals surface area contributed by atoms with Crippen LogP contribution in [0.4, 0.5) is 0 Å². The first-order valence-electron chi connectivity index (χ1n) is 6.72. The van der Waals surface area contributed by atoms with Gasteiger partial charge in [0.25, 0.3) is 0 Å². The van der Waals surface area contributed by atoms with Crippen molar-refractivity contribution >= 4 is 0 Å². The summed E-state index contributed by atoms with van der Waals surface area (Å²) in [5.41, 5.74) is 2.18. The summed E-state index contributed by atoms with van der Waals surface area (Å²) in [6, 6.07) is 0.586. The minimum Gasteiger partial charge on any atom is -0.374 e. The minimum atomic E-state index is 0.492. The molecule has 0 aromatic heterocycles. The number of hydrogen-bond donors (Lipinski definition) is 0. The Labute approximate surface area is 114 Å². The third-order valence-electron chi connectivity index (χ3n) is 3.39. The van der Waals surface area contributed by atoms with E-state index in [1.807, 2.05) is 0 Å². The second kappa shape index (κ2) is 8.15. The van der Waals surface area contributed by atoms with Crippen molar-refractivity contribution in [3.8, 4) is 0 Å². The summed E-state index contributed by atoms with van der Waals surface area (Å²) in [5.74, 6) is 0.492. The van der Waals surface area contributed by atoms with Gasteiger partial charge in [0.05, 0.1) is 0 Å². The third-order valence-corrected chi connectivity index (χ3v) is 3.39. The van der Waals surface area contributed by atoms with E-state index in [1.54, 1.807) is 0 Å². The summed E-state index contributed by atoms with van der Waals surface area (Å²) in [7, 11) is 4.23. The fourth-order valence-corrected chi connectivity index (χ4v) is 1.23. The zero-order chi connectivity index (χ0) is 14.3. The van der Waals surface area contributed by atoms with E-state index in [0.717, 1.165) is 24.4 Å². The highest BCUT2D eigenvalue weighted by molar-refractivity contribution is 5.24. The molecule has 0 saturated carbocycles. The first-order chi connectivity index (χ1) is 8.25. The molecule has 0 bridgehead atoms. The molecule has 2 nitrogen and oxygen atoms in total. The Kier molecular flexibility index (Phi) is 7.69. The SMILES string of the molecule is C=C(/C=C\C(=C)N(C)CCN(C)C(C)C)C(C)C. The van der Waals surface area contributed by atoms with E-state index >= 15 is 0 Å². The largest absolute Gasteiger partial charge is 0.374 e. The smallest absolute Gasteiger partial charge is 0.0302 e. The summed E-state index contributed by atoms with van der Waals surface area (Å²) < 4.78 is 0. The van der Waals surface area contributed by atoms with Crippen LogP contribution in [0.2, 0.25) is 0 Å². The first kappa shape index (κ1) is 17.0. The Bertz CT molecular complexity index is 300. The lowest BCUT2D eigenvalue weighted by Gasteiger charge is -2.26. The van der Waals surface area contributed by atoms with E-state index in [-0.39, 0.29) is 0 Å². The molecule has 2 heteroatoms. The molecular weight excluding hydrogens is 220 g/mol. The van der Waals surface area contributed by atoms with Gasteiger partial charge < -0.3 is 9.80 Å². The summed E-state index contributed by atoms with van der Waals surface area (Å²) in [4.78, 5) is 4.52. The minimum absolute atomic E-state index is 0.492. The van der Waals surface area contributed by atoms with Gasteiger partial charge in [-0.25, -0.2) is 0 Å². The molecule has 104 valence electrons. The molecule has 0 aromatic carbocycles. The summed E-state index contributed by atoms with van der Waals surface area (Å²) in [6.07, 6.45) is 4.12. The van der Waals surface area contributed by atoms with Gasteiger partial charge in [0.2, 0.25) is 0 Å². The van der Waals surface area contributed by atoms with Gasteiger partial charge in [0.15, 0.2) is 0 Å². The summed E-state index contributed by atoms with van der Waals surface area (Å²) >= 11 is 0. The molecule has 0 heterocycles. The fourth-order valence-electron chi connectivity index (χ4n) is 1.23. The van der Waals surface area contributed by atoms with E-state index in [1.165, 1.54) is 0 Å². The zero-order valence-corrected chi connectivity index (χ0v) is 13.0. The maximum Gasteiger partial charge on any atom is 0.0302 e. The van der Waals surface area contributed by atoms with E-state index in [0.29, 0.717) is 12.0 Å². The van der Waals surface area contributed by atoms with Gasteiger partial charge in [-0.1, -0.05) is 38.7 Å². The standard InChI is InChI=1S/C16H30N2/c1-13(2)15(5)9-10-16(6)18(8)12-11-17(7)14(3)4/h9-10,13-14H,5-6,11-12H2,1-4,7-8H3/b10-9-. The number of nitrogens with zero attached hydrogens (tertiary/aromatic N) is 2. The molecule has 0 radical (unpaired) electrons. The molecule has 18 heavy (non-hydrogen) atoms. The highest BCUT2D eigenvalue weighted by Crippen LogP contribution is 2.10. The van der Waals surface area contributed by atoms with Gasteiger partial charge in [-0.2, -0.15) is 0 Å². The van der Waals surface area contributed by atoms with Crippen molar-refractivity contribution in [2.45, 2.75) is 33.7 Å². The van der Waals surface area contributed by atoms with Gasteiger partial charge in [-0.15, -0.1) is 0 Å². The van der Waals surface area contributed by atoms with Crippen LogP contribution in [0, 0.1) is 5.92 Å². The Hall–Kier alpha value is -1.02. The monoisotopic (exact) mass is 250 g/mol. The maximum atomic E-state index is 4.09. The Balaban J connectivity index is 4.15. The Morgan fingerprint density at radius 1 is 1.00 bits per heavy atom. The molecule has 0 aliphatic heterocycles. The van der Waals surface area contributed by atoms with Gasteiger partial charge in [0.1, 0.15) is 0 Å². The highest BCUT2D eigenvalue weighted by Gasteiger charge is 2.05. The van der Waals surface area contributed by atoms with Crippen molar-refractivity contribution in [2.24, 2.45) is 5.92 Å². The van der Waals surface area contributed by atoms with Crippen LogP contribution >= 0.6 is 0 Å². The van der Waals surface area contributed by atoms with Crippen molar-refractivity contribution in [2.75, 3.05) is 27.2 Å². The van der Waals surface area contributed by atoms with E-state index in [9.17, 15) is 0 Å². The fraction of sp³-hybridized carbons (Fsp3) is 0.625. The normalized spacial score (nSPS) is 11.8. The maximum absolute atomic E-state index is 4.09. The second-order valence-electron chi connectivity index (χ2n) is 5.55. The van der Waals surface area contributed by atoms with Crippen LogP contribution in [0.25, 0.3) is 0 Å². The molecule has 0 spiro atoms. The van der Waals surface area contributed by atoms with E-state index in [4.69, 9.17) is 0 Å². The molecule has 0 atom stereocenters. The average molecular weight is 250 g/mol.